The van der Waals surface area contributed by atoms with Crippen LogP contribution in [0.5, 0.6) is 0 Å². The van der Waals surface area contributed by atoms with E-state index in [0.29, 0.717) is 28.3 Å². The molecule has 164 valence electrons. The Morgan fingerprint density at radius 1 is 1.03 bits per heavy atom. The Morgan fingerprint density at radius 2 is 1.70 bits per heavy atom. The van der Waals surface area contributed by atoms with Crippen molar-refractivity contribution in [1.82, 2.24) is 10.2 Å². The quantitative estimate of drug-likeness (QED) is 0.463. The molecule has 2 aromatic carbocycles. The second-order valence-corrected chi connectivity index (χ2v) is 8.25. The standard InChI is InChI=1S/C27H23N3O3/c1-5-18-7-9-20(10-8-18)24-23(25(31)21-13-11-19(12-14-21)16(2)3)26(32)27(33)30(24)22-15-6-17(4)28-29-22/h1,6-16,24,32H,2-4H3. The second kappa shape index (κ2) is 8.71. The van der Waals surface area contributed by atoms with Gasteiger partial charge in [-0.05, 0) is 48.2 Å². The van der Waals surface area contributed by atoms with Crippen molar-refractivity contribution < 1.29 is 14.7 Å². The third kappa shape index (κ3) is 4.01. The molecule has 6 heteroatoms. The third-order valence-corrected chi connectivity index (χ3v) is 5.72. The van der Waals surface area contributed by atoms with Gasteiger partial charge in [0.1, 0.15) is 0 Å². The van der Waals surface area contributed by atoms with Crippen LogP contribution in [-0.4, -0.2) is 27.0 Å². The fourth-order valence-electron chi connectivity index (χ4n) is 3.85. The van der Waals surface area contributed by atoms with Crippen molar-refractivity contribution in [3.8, 4) is 12.3 Å². The minimum absolute atomic E-state index is 0.00636. The van der Waals surface area contributed by atoms with Gasteiger partial charge in [0, 0.05) is 11.1 Å². The number of aliphatic hydroxyl groups excluding tert-OH is 1. The van der Waals surface area contributed by atoms with Gasteiger partial charge in [0.2, 0.25) is 0 Å². The van der Waals surface area contributed by atoms with Crippen LogP contribution < -0.4 is 4.90 Å². The van der Waals surface area contributed by atoms with Crippen molar-refractivity contribution in [3.05, 3.63) is 99.9 Å². The van der Waals surface area contributed by atoms with Crippen molar-refractivity contribution in [2.75, 3.05) is 4.90 Å². The Hall–Kier alpha value is -4.24. The number of Topliss-reactive ketones (excluding diaryl/α,β-unsaturated/α-hetero) is 1. The van der Waals surface area contributed by atoms with Crippen molar-refractivity contribution in [3.63, 3.8) is 0 Å². The summed E-state index contributed by atoms with van der Waals surface area (Å²) in [7, 11) is 0. The number of ketones is 1. The lowest BCUT2D eigenvalue weighted by molar-refractivity contribution is -0.117. The molecule has 1 aliphatic heterocycles. The maximum Gasteiger partial charge on any atom is 0.295 e. The molecule has 0 fully saturated rings. The number of aliphatic hydroxyl groups is 1. The van der Waals surface area contributed by atoms with Crippen LogP contribution in [0.1, 0.15) is 58.5 Å². The number of anilines is 1. The van der Waals surface area contributed by atoms with Gasteiger partial charge in [-0.15, -0.1) is 11.5 Å². The van der Waals surface area contributed by atoms with Crippen LogP contribution in [-0.2, 0) is 4.79 Å². The van der Waals surface area contributed by atoms with E-state index < -0.39 is 23.5 Å². The van der Waals surface area contributed by atoms with Gasteiger partial charge in [-0.2, -0.15) is 5.10 Å². The highest BCUT2D eigenvalue weighted by atomic mass is 16.3. The van der Waals surface area contributed by atoms with Gasteiger partial charge in [0.05, 0.1) is 17.3 Å². The predicted octanol–water partition coefficient (Wildman–Crippen LogP) is 4.67. The summed E-state index contributed by atoms with van der Waals surface area (Å²) >= 11 is 0. The van der Waals surface area contributed by atoms with E-state index in [1.807, 2.05) is 12.1 Å². The fourth-order valence-corrected chi connectivity index (χ4v) is 3.85. The van der Waals surface area contributed by atoms with Crippen molar-refractivity contribution in [2.24, 2.45) is 0 Å². The van der Waals surface area contributed by atoms with Gasteiger partial charge in [0.15, 0.2) is 17.4 Å². The molecular weight excluding hydrogens is 414 g/mol. The number of hydrogen-bond acceptors (Lipinski definition) is 5. The monoisotopic (exact) mass is 437 g/mol. The molecule has 0 saturated carbocycles. The Labute approximate surface area is 192 Å². The molecule has 2 heterocycles. The van der Waals surface area contributed by atoms with E-state index in [1.165, 1.54) is 4.90 Å². The van der Waals surface area contributed by atoms with Gasteiger partial charge in [-0.1, -0.05) is 56.2 Å². The van der Waals surface area contributed by atoms with Crippen LogP contribution in [0.25, 0.3) is 0 Å². The lowest BCUT2D eigenvalue weighted by atomic mass is 9.91. The van der Waals surface area contributed by atoms with Gasteiger partial charge < -0.3 is 5.11 Å². The van der Waals surface area contributed by atoms with Crippen LogP contribution in [0, 0.1) is 19.3 Å². The Kier molecular flexibility index (Phi) is 5.80. The summed E-state index contributed by atoms with van der Waals surface area (Å²) in [5.74, 6) is 1.38. The number of aromatic nitrogens is 2. The van der Waals surface area contributed by atoms with Crippen molar-refractivity contribution >= 4 is 17.5 Å². The highest BCUT2D eigenvalue weighted by molar-refractivity contribution is 6.20. The van der Waals surface area contributed by atoms with E-state index in [1.54, 1.807) is 55.5 Å². The molecule has 1 atom stereocenters. The van der Waals surface area contributed by atoms with Crippen LogP contribution >= 0.6 is 0 Å². The first-order valence-corrected chi connectivity index (χ1v) is 10.6. The molecule has 1 aromatic heterocycles. The van der Waals surface area contributed by atoms with Crippen molar-refractivity contribution in [2.45, 2.75) is 32.7 Å². The van der Waals surface area contributed by atoms with E-state index >= 15 is 0 Å². The number of aryl methyl sites for hydroxylation is 1. The number of rotatable bonds is 5. The van der Waals surface area contributed by atoms with Gasteiger partial charge >= 0.3 is 0 Å². The molecule has 0 saturated heterocycles. The van der Waals surface area contributed by atoms with Gasteiger partial charge in [-0.25, -0.2) is 0 Å². The largest absolute Gasteiger partial charge is 0.503 e. The summed E-state index contributed by atoms with van der Waals surface area (Å²) in [5, 5.41) is 19.0. The number of benzene rings is 2. The number of nitrogens with zero attached hydrogens (tertiary/aromatic N) is 3. The zero-order valence-corrected chi connectivity index (χ0v) is 18.6. The molecule has 0 radical (unpaired) electrons. The molecule has 6 nitrogen and oxygen atoms in total. The SMILES string of the molecule is C#Cc1ccc(C2C(C(=O)c3ccc(C(C)C)cc3)=C(O)C(=O)N2c2ccc(C)nn2)cc1. The van der Waals surface area contributed by atoms with Crippen LogP contribution in [0.4, 0.5) is 5.82 Å². The van der Waals surface area contributed by atoms with Crippen LogP contribution in [0.15, 0.2) is 72.0 Å². The number of terminal acetylenes is 1. The molecular formula is C27H23N3O3. The summed E-state index contributed by atoms with van der Waals surface area (Å²) in [6.07, 6.45) is 5.48. The molecule has 1 N–H and O–H groups in total. The third-order valence-electron chi connectivity index (χ3n) is 5.72. The molecule has 0 spiro atoms. The molecule has 3 aromatic rings. The first-order chi connectivity index (χ1) is 15.8. The lowest BCUT2D eigenvalue weighted by Crippen LogP contribution is -2.32. The number of amides is 1. The van der Waals surface area contributed by atoms with E-state index in [-0.39, 0.29) is 11.4 Å². The number of carbonyl (C=O) groups excluding carboxylic acids is 2. The summed E-state index contributed by atoms with van der Waals surface area (Å²) < 4.78 is 0. The topological polar surface area (TPSA) is 83.4 Å². The summed E-state index contributed by atoms with van der Waals surface area (Å²) in [4.78, 5) is 28.0. The van der Waals surface area contributed by atoms with Gasteiger partial charge in [0.25, 0.3) is 5.91 Å². The smallest absolute Gasteiger partial charge is 0.295 e. The normalized spacial score (nSPS) is 15.8. The van der Waals surface area contributed by atoms with Crippen LogP contribution in [0.2, 0.25) is 0 Å². The highest BCUT2D eigenvalue weighted by Crippen LogP contribution is 2.41. The zero-order chi connectivity index (χ0) is 23.7. The first-order valence-electron chi connectivity index (χ1n) is 10.6. The maximum atomic E-state index is 13.6. The average Bonchev–Trinajstić information content (AvgIpc) is 3.09. The van der Waals surface area contributed by atoms with E-state index in [2.05, 4.69) is 30.0 Å². The molecule has 1 aliphatic rings. The summed E-state index contributed by atoms with van der Waals surface area (Å²) in [5.41, 5.74) is 3.43. The van der Waals surface area contributed by atoms with Gasteiger partial charge in [-0.3, -0.25) is 14.5 Å². The van der Waals surface area contributed by atoms with E-state index in [9.17, 15) is 14.7 Å². The summed E-state index contributed by atoms with van der Waals surface area (Å²) in [6.45, 7) is 5.92. The molecule has 1 amide bonds. The van der Waals surface area contributed by atoms with E-state index in [0.717, 1.165) is 5.56 Å². The zero-order valence-electron chi connectivity index (χ0n) is 18.6. The molecule has 0 bridgehead atoms. The molecule has 4 rings (SSSR count). The minimum Gasteiger partial charge on any atom is -0.503 e. The Balaban J connectivity index is 1.83. The van der Waals surface area contributed by atoms with E-state index in [4.69, 9.17) is 6.42 Å². The predicted molar refractivity (Wildman–Crippen MR) is 126 cm³/mol. The average molecular weight is 437 g/mol. The molecule has 33 heavy (non-hydrogen) atoms. The Morgan fingerprint density at radius 3 is 2.24 bits per heavy atom. The maximum absolute atomic E-state index is 13.6. The summed E-state index contributed by atoms with van der Waals surface area (Å²) in [6, 6.07) is 16.6. The fraction of sp³-hybridized carbons (Fsp3) is 0.185. The second-order valence-electron chi connectivity index (χ2n) is 8.25. The lowest BCUT2D eigenvalue weighted by Gasteiger charge is -2.25. The van der Waals surface area contributed by atoms with Crippen LogP contribution in [0.3, 0.4) is 0 Å². The Bertz CT molecular complexity index is 1280. The molecule has 1 unspecified atom stereocenters. The minimum atomic E-state index is -0.876. The highest BCUT2D eigenvalue weighted by Gasteiger charge is 2.45. The first kappa shape index (κ1) is 22.0. The van der Waals surface area contributed by atoms with Crippen molar-refractivity contribution in [1.29, 1.82) is 0 Å². The number of carbonyl (C=O) groups is 2. The number of hydrogen-bond donors (Lipinski definition) is 1. The molecule has 0 aliphatic carbocycles.